The molecule has 110 valence electrons. The average molecular weight is 346 g/mol. The van der Waals surface area contributed by atoms with Crippen molar-refractivity contribution in [1.29, 1.82) is 0 Å². The first-order chi connectivity index (χ1) is 9.98. The molecule has 2 aromatic carbocycles. The van der Waals surface area contributed by atoms with Gasteiger partial charge in [0.15, 0.2) is 0 Å². The standard InChI is InChI=1S/C18H20BrNO/c1-18(2)11-14-10-13(6-9-16(14)21-18)17(20-3)12-4-7-15(19)8-5-12/h4-10,17,20H,11H2,1-3H3. The Morgan fingerprint density at radius 3 is 2.43 bits per heavy atom. The van der Waals surface area contributed by atoms with Crippen LogP contribution in [0, 0.1) is 0 Å². The van der Waals surface area contributed by atoms with Crippen molar-refractivity contribution < 1.29 is 4.74 Å². The first-order valence-electron chi connectivity index (χ1n) is 7.23. The molecule has 1 aliphatic heterocycles. The molecular formula is C18H20BrNO. The summed E-state index contributed by atoms with van der Waals surface area (Å²) in [7, 11) is 2.00. The lowest BCUT2D eigenvalue weighted by Crippen LogP contribution is -2.24. The molecule has 1 N–H and O–H groups in total. The minimum Gasteiger partial charge on any atom is -0.487 e. The van der Waals surface area contributed by atoms with E-state index in [9.17, 15) is 0 Å². The average Bonchev–Trinajstić information content (AvgIpc) is 2.75. The highest BCUT2D eigenvalue weighted by Gasteiger charge is 2.30. The Bertz CT molecular complexity index is 649. The van der Waals surface area contributed by atoms with Crippen molar-refractivity contribution >= 4 is 15.9 Å². The summed E-state index contributed by atoms with van der Waals surface area (Å²) in [6.45, 7) is 4.27. The van der Waals surface area contributed by atoms with Crippen molar-refractivity contribution in [2.24, 2.45) is 0 Å². The van der Waals surface area contributed by atoms with E-state index in [-0.39, 0.29) is 11.6 Å². The maximum absolute atomic E-state index is 5.96. The van der Waals surface area contributed by atoms with Crippen LogP contribution in [0.25, 0.3) is 0 Å². The number of ether oxygens (including phenoxy) is 1. The zero-order chi connectivity index (χ0) is 15.0. The Balaban J connectivity index is 1.94. The van der Waals surface area contributed by atoms with E-state index >= 15 is 0 Å². The molecule has 1 aliphatic rings. The van der Waals surface area contributed by atoms with Crippen LogP contribution < -0.4 is 10.1 Å². The zero-order valence-electron chi connectivity index (χ0n) is 12.6. The van der Waals surface area contributed by atoms with Crippen LogP contribution in [-0.2, 0) is 6.42 Å². The van der Waals surface area contributed by atoms with Crippen molar-refractivity contribution in [3.8, 4) is 5.75 Å². The molecule has 0 bridgehead atoms. The first-order valence-corrected chi connectivity index (χ1v) is 8.02. The molecule has 2 nitrogen and oxygen atoms in total. The second-order valence-corrected chi connectivity index (χ2v) is 7.09. The van der Waals surface area contributed by atoms with Gasteiger partial charge >= 0.3 is 0 Å². The molecule has 1 atom stereocenters. The van der Waals surface area contributed by atoms with Gasteiger partial charge in [0.05, 0.1) is 6.04 Å². The lowest BCUT2D eigenvalue weighted by molar-refractivity contribution is 0.138. The van der Waals surface area contributed by atoms with Gasteiger partial charge in [-0.25, -0.2) is 0 Å². The smallest absolute Gasteiger partial charge is 0.123 e. The summed E-state index contributed by atoms with van der Waals surface area (Å²) in [4.78, 5) is 0. The maximum atomic E-state index is 5.96. The summed E-state index contributed by atoms with van der Waals surface area (Å²) in [5.41, 5.74) is 3.75. The molecule has 1 unspecified atom stereocenters. The van der Waals surface area contributed by atoms with Crippen LogP contribution in [0.5, 0.6) is 5.75 Å². The van der Waals surface area contributed by atoms with Crippen molar-refractivity contribution in [3.05, 3.63) is 63.6 Å². The van der Waals surface area contributed by atoms with E-state index in [0.29, 0.717) is 0 Å². The fourth-order valence-corrected chi connectivity index (χ4v) is 3.25. The molecule has 0 aromatic heterocycles. The Hall–Kier alpha value is -1.32. The van der Waals surface area contributed by atoms with Crippen molar-refractivity contribution in [2.75, 3.05) is 7.05 Å². The largest absolute Gasteiger partial charge is 0.487 e. The quantitative estimate of drug-likeness (QED) is 0.885. The molecule has 0 radical (unpaired) electrons. The molecule has 0 amide bonds. The van der Waals surface area contributed by atoms with Crippen LogP contribution in [-0.4, -0.2) is 12.6 Å². The number of fused-ring (bicyclic) bond motifs is 1. The van der Waals surface area contributed by atoms with E-state index in [0.717, 1.165) is 16.6 Å². The van der Waals surface area contributed by atoms with E-state index in [2.05, 4.69) is 77.6 Å². The van der Waals surface area contributed by atoms with Gasteiger partial charge in [-0.05, 0) is 55.8 Å². The van der Waals surface area contributed by atoms with Gasteiger partial charge in [-0.15, -0.1) is 0 Å². The minimum absolute atomic E-state index is 0.0896. The summed E-state index contributed by atoms with van der Waals surface area (Å²) in [5, 5.41) is 3.41. The number of hydrogen-bond donors (Lipinski definition) is 1. The highest BCUT2D eigenvalue weighted by atomic mass is 79.9. The van der Waals surface area contributed by atoms with E-state index in [1.54, 1.807) is 0 Å². The predicted octanol–water partition coefficient (Wildman–Crippen LogP) is 4.47. The van der Waals surface area contributed by atoms with Crippen LogP contribution in [0.15, 0.2) is 46.9 Å². The Morgan fingerprint density at radius 1 is 1.10 bits per heavy atom. The second kappa shape index (κ2) is 5.47. The fourth-order valence-electron chi connectivity index (χ4n) is 2.99. The third-order valence-electron chi connectivity index (χ3n) is 3.91. The molecule has 3 rings (SSSR count). The molecule has 0 spiro atoms. The van der Waals surface area contributed by atoms with Gasteiger partial charge in [-0.3, -0.25) is 0 Å². The zero-order valence-corrected chi connectivity index (χ0v) is 14.2. The summed E-state index contributed by atoms with van der Waals surface area (Å²) in [6, 6.07) is 15.2. The summed E-state index contributed by atoms with van der Waals surface area (Å²) in [6.07, 6.45) is 0.965. The molecule has 3 heteroatoms. The Labute approximate surface area is 134 Å². The molecule has 0 aliphatic carbocycles. The lowest BCUT2D eigenvalue weighted by atomic mass is 9.94. The highest BCUT2D eigenvalue weighted by Crippen LogP contribution is 2.37. The minimum atomic E-state index is -0.0896. The van der Waals surface area contributed by atoms with Gasteiger partial charge in [0, 0.05) is 10.9 Å². The van der Waals surface area contributed by atoms with Crippen molar-refractivity contribution in [2.45, 2.75) is 31.9 Å². The summed E-state index contributed by atoms with van der Waals surface area (Å²) in [5.74, 6) is 1.02. The number of rotatable bonds is 3. The number of hydrogen-bond acceptors (Lipinski definition) is 2. The van der Waals surface area contributed by atoms with Gasteiger partial charge < -0.3 is 10.1 Å². The highest BCUT2D eigenvalue weighted by molar-refractivity contribution is 9.10. The van der Waals surface area contributed by atoms with Crippen LogP contribution >= 0.6 is 15.9 Å². The number of halogens is 1. The van der Waals surface area contributed by atoms with Gasteiger partial charge in [0.1, 0.15) is 11.4 Å². The molecule has 2 aromatic rings. The predicted molar refractivity (Wildman–Crippen MR) is 89.9 cm³/mol. The van der Waals surface area contributed by atoms with Gasteiger partial charge in [0.2, 0.25) is 0 Å². The SMILES string of the molecule is CNC(c1ccc(Br)cc1)c1ccc2c(c1)CC(C)(C)O2. The van der Waals surface area contributed by atoms with Gasteiger partial charge in [-0.2, -0.15) is 0 Å². The van der Waals surface area contributed by atoms with E-state index in [4.69, 9.17) is 4.74 Å². The second-order valence-electron chi connectivity index (χ2n) is 6.18. The van der Waals surface area contributed by atoms with E-state index < -0.39 is 0 Å². The first kappa shape index (κ1) is 14.6. The monoisotopic (exact) mass is 345 g/mol. The van der Waals surface area contributed by atoms with Crippen molar-refractivity contribution in [3.63, 3.8) is 0 Å². The third-order valence-corrected chi connectivity index (χ3v) is 4.44. The summed E-state index contributed by atoms with van der Waals surface area (Å²) < 4.78 is 7.06. The molecule has 0 fully saturated rings. The molecular weight excluding hydrogens is 326 g/mol. The molecule has 21 heavy (non-hydrogen) atoms. The van der Waals surface area contributed by atoms with E-state index in [1.165, 1.54) is 16.7 Å². The van der Waals surface area contributed by atoms with Crippen LogP contribution in [0.3, 0.4) is 0 Å². The van der Waals surface area contributed by atoms with E-state index in [1.807, 2.05) is 7.05 Å². The normalized spacial score (nSPS) is 17.1. The number of nitrogens with one attached hydrogen (secondary N) is 1. The fraction of sp³-hybridized carbons (Fsp3) is 0.333. The lowest BCUT2D eigenvalue weighted by Gasteiger charge is -2.18. The van der Waals surface area contributed by atoms with Crippen LogP contribution in [0.1, 0.15) is 36.6 Å². The number of benzene rings is 2. The topological polar surface area (TPSA) is 21.3 Å². The van der Waals surface area contributed by atoms with Crippen LogP contribution in [0.2, 0.25) is 0 Å². The van der Waals surface area contributed by atoms with Gasteiger partial charge in [0.25, 0.3) is 0 Å². The third kappa shape index (κ3) is 2.99. The summed E-state index contributed by atoms with van der Waals surface area (Å²) >= 11 is 3.49. The van der Waals surface area contributed by atoms with Crippen molar-refractivity contribution in [1.82, 2.24) is 5.32 Å². The molecule has 0 saturated heterocycles. The Kier molecular flexibility index (Phi) is 3.80. The van der Waals surface area contributed by atoms with Crippen LogP contribution in [0.4, 0.5) is 0 Å². The molecule has 0 saturated carbocycles. The Morgan fingerprint density at radius 2 is 1.76 bits per heavy atom. The molecule has 1 heterocycles. The van der Waals surface area contributed by atoms with Gasteiger partial charge in [-0.1, -0.05) is 40.2 Å². The maximum Gasteiger partial charge on any atom is 0.123 e.